The Labute approximate surface area is 143 Å². The first-order chi connectivity index (χ1) is 11.7. The summed E-state index contributed by atoms with van der Waals surface area (Å²) < 4.78 is 19.5. The van der Waals surface area contributed by atoms with Crippen molar-refractivity contribution in [3.05, 3.63) is 35.1 Å². The first-order valence-corrected chi connectivity index (χ1v) is 8.47. The van der Waals surface area contributed by atoms with Crippen LogP contribution in [0.5, 0.6) is 0 Å². The van der Waals surface area contributed by atoms with E-state index in [1.165, 1.54) is 6.07 Å². The molecule has 1 fully saturated rings. The third-order valence-electron chi connectivity index (χ3n) is 4.06. The zero-order chi connectivity index (χ0) is 17.4. The Kier molecular flexibility index (Phi) is 7.01. The molecular weight excluding hydrogens is 307 g/mol. The summed E-state index contributed by atoms with van der Waals surface area (Å²) in [5.41, 5.74) is 0.819. The lowest BCUT2D eigenvalue weighted by molar-refractivity contribution is 0.114. The van der Waals surface area contributed by atoms with Gasteiger partial charge in [0.25, 0.3) is 0 Å². The average molecular weight is 332 g/mol. The monoisotopic (exact) mass is 332 g/mol. The van der Waals surface area contributed by atoms with E-state index in [0.717, 1.165) is 45.2 Å². The molecule has 1 saturated heterocycles. The highest BCUT2D eigenvalue weighted by Crippen LogP contribution is 2.17. The lowest BCUT2D eigenvalue weighted by Crippen LogP contribution is -2.40. The van der Waals surface area contributed by atoms with Crippen LogP contribution in [0.15, 0.2) is 23.2 Å². The smallest absolute Gasteiger partial charge is 0.194 e. The first kappa shape index (κ1) is 18.2. The number of nitriles is 1. The van der Waals surface area contributed by atoms with E-state index in [0.29, 0.717) is 17.0 Å². The minimum Gasteiger partial charge on any atom is -0.381 e. The van der Waals surface area contributed by atoms with Gasteiger partial charge in [0.05, 0.1) is 24.8 Å². The molecule has 0 amide bonds. The van der Waals surface area contributed by atoms with E-state index in [2.05, 4.69) is 15.2 Å². The van der Waals surface area contributed by atoms with Gasteiger partial charge in [0, 0.05) is 37.7 Å². The summed E-state index contributed by atoms with van der Waals surface area (Å²) >= 11 is 0. The summed E-state index contributed by atoms with van der Waals surface area (Å²) in [6.45, 7) is 8.39. The van der Waals surface area contributed by atoms with Gasteiger partial charge in [0.1, 0.15) is 5.82 Å². The molecule has 1 N–H and O–H groups in total. The summed E-state index contributed by atoms with van der Waals surface area (Å²) in [4.78, 5) is 6.77. The number of benzene rings is 1. The van der Waals surface area contributed by atoms with Crippen molar-refractivity contribution in [2.24, 2.45) is 10.9 Å². The molecule has 1 unspecified atom stereocenters. The average Bonchev–Trinajstić information content (AvgIpc) is 3.06. The van der Waals surface area contributed by atoms with Crippen LogP contribution in [0.25, 0.3) is 0 Å². The molecule has 1 heterocycles. The summed E-state index contributed by atoms with van der Waals surface area (Å²) in [6.07, 6.45) is 1.08. The Morgan fingerprint density at radius 2 is 2.33 bits per heavy atom. The van der Waals surface area contributed by atoms with Crippen LogP contribution >= 0.6 is 0 Å². The van der Waals surface area contributed by atoms with E-state index < -0.39 is 0 Å². The molecule has 1 aromatic carbocycles. The number of nitrogens with zero attached hydrogens (tertiary/aromatic N) is 3. The predicted octanol–water partition coefficient (Wildman–Crippen LogP) is 2.52. The van der Waals surface area contributed by atoms with Gasteiger partial charge in [-0.3, -0.25) is 0 Å². The zero-order valence-corrected chi connectivity index (χ0v) is 14.4. The maximum absolute atomic E-state index is 14.0. The molecule has 1 aromatic rings. The normalized spacial score (nSPS) is 17.8. The Hall–Kier alpha value is -2.13. The number of hydrogen-bond donors (Lipinski definition) is 1. The summed E-state index contributed by atoms with van der Waals surface area (Å²) in [7, 11) is 0. The largest absolute Gasteiger partial charge is 0.381 e. The summed E-state index contributed by atoms with van der Waals surface area (Å²) in [5.74, 6) is 0.935. The van der Waals surface area contributed by atoms with E-state index in [4.69, 9.17) is 10.00 Å². The van der Waals surface area contributed by atoms with Crippen LogP contribution in [0.4, 0.5) is 4.39 Å². The molecule has 0 aliphatic carbocycles. The van der Waals surface area contributed by atoms with E-state index in [9.17, 15) is 4.39 Å². The standard InChI is InChI=1S/C18H25FN4O/c1-3-21-18(23-8-7-15(12-23)13-24-4-2)22-11-16-6-5-14(10-20)9-17(16)19/h5-6,9,15H,3-4,7-8,11-13H2,1-2H3,(H,21,22). The molecule has 0 bridgehead atoms. The Balaban J connectivity index is 2.02. The Morgan fingerprint density at radius 3 is 3.00 bits per heavy atom. The van der Waals surface area contributed by atoms with Crippen LogP contribution in [0.1, 0.15) is 31.4 Å². The maximum Gasteiger partial charge on any atom is 0.194 e. The van der Waals surface area contributed by atoms with Crippen LogP contribution in [0.2, 0.25) is 0 Å². The molecule has 2 rings (SSSR count). The number of likely N-dealkylation sites (tertiary alicyclic amines) is 1. The van der Waals surface area contributed by atoms with E-state index >= 15 is 0 Å². The van der Waals surface area contributed by atoms with Gasteiger partial charge in [-0.1, -0.05) is 6.07 Å². The minimum atomic E-state index is -0.385. The number of guanidine groups is 1. The van der Waals surface area contributed by atoms with Crippen molar-refractivity contribution in [3.63, 3.8) is 0 Å². The fraction of sp³-hybridized carbons (Fsp3) is 0.556. The van der Waals surface area contributed by atoms with Gasteiger partial charge < -0.3 is 15.0 Å². The topological polar surface area (TPSA) is 60.7 Å². The molecule has 6 heteroatoms. The summed E-state index contributed by atoms with van der Waals surface area (Å²) in [6, 6.07) is 6.44. The van der Waals surface area contributed by atoms with Crippen molar-refractivity contribution in [1.29, 1.82) is 5.26 Å². The molecule has 1 aliphatic heterocycles. The highest BCUT2D eigenvalue weighted by molar-refractivity contribution is 5.80. The number of ether oxygens (including phenoxy) is 1. The molecule has 1 aliphatic rings. The quantitative estimate of drug-likeness (QED) is 0.642. The fourth-order valence-corrected chi connectivity index (χ4v) is 2.78. The molecule has 0 aromatic heterocycles. The second kappa shape index (κ2) is 9.24. The van der Waals surface area contributed by atoms with Crippen molar-refractivity contribution < 1.29 is 9.13 Å². The van der Waals surface area contributed by atoms with Crippen LogP contribution in [0.3, 0.4) is 0 Å². The van der Waals surface area contributed by atoms with Crippen molar-refractivity contribution in [2.45, 2.75) is 26.8 Å². The zero-order valence-electron chi connectivity index (χ0n) is 14.4. The highest BCUT2D eigenvalue weighted by Gasteiger charge is 2.24. The van der Waals surface area contributed by atoms with Gasteiger partial charge in [-0.2, -0.15) is 5.26 Å². The fourth-order valence-electron chi connectivity index (χ4n) is 2.78. The highest BCUT2D eigenvalue weighted by atomic mass is 19.1. The Morgan fingerprint density at radius 1 is 1.50 bits per heavy atom. The number of rotatable bonds is 6. The van der Waals surface area contributed by atoms with E-state index in [1.807, 2.05) is 19.9 Å². The van der Waals surface area contributed by atoms with Crippen molar-refractivity contribution in [2.75, 3.05) is 32.8 Å². The second-order valence-corrected chi connectivity index (χ2v) is 5.85. The molecular formula is C18H25FN4O. The minimum absolute atomic E-state index is 0.256. The first-order valence-electron chi connectivity index (χ1n) is 8.47. The van der Waals surface area contributed by atoms with Gasteiger partial charge in [0.2, 0.25) is 0 Å². The van der Waals surface area contributed by atoms with Crippen LogP contribution < -0.4 is 5.32 Å². The van der Waals surface area contributed by atoms with Gasteiger partial charge in [0.15, 0.2) is 5.96 Å². The molecule has 24 heavy (non-hydrogen) atoms. The van der Waals surface area contributed by atoms with Crippen molar-refractivity contribution in [3.8, 4) is 6.07 Å². The lowest BCUT2D eigenvalue weighted by Gasteiger charge is -2.21. The van der Waals surface area contributed by atoms with Gasteiger partial charge in [-0.25, -0.2) is 9.38 Å². The predicted molar refractivity (Wildman–Crippen MR) is 92.1 cm³/mol. The molecule has 130 valence electrons. The molecule has 0 radical (unpaired) electrons. The molecule has 0 saturated carbocycles. The maximum atomic E-state index is 14.0. The third-order valence-corrected chi connectivity index (χ3v) is 4.06. The number of hydrogen-bond acceptors (Lipinski definition) is 3. The van der Waals surface area contributed by atoms with Crippen molar-refractivity contribution >= 4 is 5.96 Å². The van der Waals surface area contributed by atoms with Crippen LogP contribution in [-0.2, 0) is 11.3 Å². The van der Waals surface area contributed by atoms with E-state index in [1.54, 1.807) is 12.1 Å². The van der Waals surface area contributed by atoms with Crippen molar-refractivity contribution in [1.82, 2.24) is 10.2 Å². The SMILES string of the molecule is CCNC(=NCc1ccc(C#N)cc1F)N1CCC(COCC)C1. The lowest BCUT2D eigenvalue weighted by atomic mass is 10.1. The van der Waals surface area contributed by atoms with E-state index in [-0.39, 0.29) is 12.4 Å². The number of halogens is 1. The van der Waals surface area contributed by atoms with Gasteiger partial charge in [-0.05, 0) is 32.4 Å². The number of nitrogens with one attached hydrogen (secondary N) is 1. The van der Waals surface area contributed by atoms with Crippen LogP contribution in [0, 0.1) is 23.1 Å². The van der Waals surface area contributed by atoms with Gasteiger partial charge >= 0.3 is 0 Å². The second-order valence-electron chi connectivity index (χ2n) is 5.85. The Bertz CT molecular complexity index is 612. The molecule has 0 spiro atoms. The molecule has 1 atom stereocenters. The van der Waals surface area contributed by atoms with Gasteiger partial charge in [-0.15, -0.1) is 0 Å². The summed E-state index contributed by atoms with van der Waals surface area (Å²) in [5, 5.41) is 12.1. The van der Waals surface area contributed by atoms with Crippen LogP contribution in [-0.4, -0.2) is 43.7 Å². The number of aliphatic imine (C=N–C) groups is 1. The molecule has 5 nitrogen and oxygen atoms in total. The third kappa shape index (κ3) is 4.93.